The third kappa shape index (κ3) is 3.89. The van der Waals surface area contributed by atoms with Crippen LogP contribution in [0, 0.1) is 0 Å². The number of carbonyl (C=O) groups excluding carboxylic acids is 1. The summed E-state index contributed by atoms with van der Waals surface area (Å²) in [6, 6.07) is 20.1. The number of carbonyl (C=O) groups is 1. The lowest BCUT2D eigenvalue weighted by Gasteiger charge is -2.19. The van der Waals surface area contributed by atoms with Gasteiger partial charge in [-0.15, -0.1) is 0 Å². The first kappa shape index (κ1) is 15.1. The molecule has 3 rings (SSSR count). The SMILES string of the molecule is O=C(CC1=C(Sc2ccccc2)CCCC1)c1ccccc1. The van der Waals surface area contributed by atoms with E-state index in [0.717, 1.165) is 18.4 Å². The van der Waals surface area contributed by atoms with E-state index in [0.29, 0.717) is 6.42 Å². The van der Waals surface area contributed by atoms with E-state index in [9.17, 15) is 4.79 Å². The Bertz CT molecular complexity index is 659. The smallest absolute Gasteiger partial charge is 0.166 e. The van der Waals surface area contributed by atoms with Crippen LogP contribution in [-0.4, -0.2) is 5.78 Å². The van der Waals surface area contributed by atoms with Crippen molar-refractivity contribution >= 4 is 17.5 Å². The summed E-state index contributed by atoms with van der Waals surface area (Å²) in [6.45, 7) is 0. The monoisotopic (exact) mass is 308 g/mol. The number of Topliss-reactive ketones (excluding diaryl/α,β-unsaturated/α-hetero) is 1. The molecule has 0 atom stereocenters. The number of hydrogen-bond acceptors (Lipinski definition) is 2. The van der Waals surface area contributed by atoms with Crippen molar-refractivity contribution in [2.45, 2.75) is 37.0 Å². The molecule has 1 aliphatic carbocycles. The maximum absolute atomic E-state index is 12.5. The van der Waals surface area contributed by atoms with Crippen LogP contribution in [0.3, 0.4) is 0 Å². The number of allylic oxidation sites excluding steroid dienone is 2. The van der Waals surface area contributed by atoms with Gasteiger partial charge in [0.25, 0.3) is 0 Å². The number of hydrogen-bond donors (Lipinski definition) is 0. The minimum Gasteiger partial charge on any atom is -0.294 e. The van der Waals surface area contributed by atoms with Crippen molar-refractivity contribution in [1.82, 2.24) is 0 Å². The summed E-state index contributed by atoms with van der Waals surface area (Å²) in [7, 11) is 0. The Morgan fingerprint density at radius 2 is 1.50 bits per heavy atom. The highest BCUT2D eigenvalue weighted by Crippen LogP contribution is 2.38. The number of benzene rings is 2. The third-order valence-electron chi connectivity index (χ3n) is 3.98. The molecule has 112 valence electrons. The van der Waals surface area contributed by atoms with Gasteiger partial charge in [-0.05, 0) is 42.7 Å². The van der Waals surface area contributed by atoms with Gasteiger partial charge >= 0.3 is 0 Å². The summed E-state index contributed by atoms with van der Waals surface area (Å²) in [5, 5.41) is 0. The highest BCUT2D eigenvalue weighted by molar-refractivity contribution is 8.03. The van der Waals surface area contributed by atoms with Crippen LogP contribution < -0.4 is 0 Å². The molecule has 0 aromatic heterocycles. The summed E-state index contributed by atoms with van der Waals surface area (Å²) >= 11 is 1.84. The second kappa shape index (κ2) is 7.46. The molecule has 0 radical (unpaired) electrons. The molecule has 0 saturated heterocycles. The van der Waals surface area contributed by atoms with Gasteiger partial charge in [0, 0.05) is 16.9 Å². The molecule has 1 aliphatic rings. The molecule has 2 aromatic rings. The van der Waals surface area contributed by atoms with E-state index in [1.165, 1.54) is 28.2 Å². The largest absolute Gasteiger partial charge is 0.294 e. The second-order valence-electron chi connectivity index (χ2n) is 5.61. The van der Waals surface area contributed by atoms with E-state index in [1.54, 1.807) is 0 Å². The van der Waals surface area contributed by atoms with Gasteiger partial charge in [-0.2, -0.15) is 0 Å². The molecule has 22 heavy (non-hydrogen) atoms. The van der Waals surface area contributed by atoms with Gasteiger partial charge in [-0.25, -0.2) is 0 Å². The normalized spacial score (nSPS) is 14.9. The molecule has 0 aliphatic heterocycles. The van der Waals surface area contributed by atoms with Gasteiger partial charge in [-0.3, -0.25) is 4.79 Å². The van der Waals surface area contributed by atoms with Crippen molar-refractivity contribution in [2.75, 3.05) is 0 Å². The zero-order chi connectivity index (χ0) is 15.2. The fraction of sp³-hybridized carbons (Fsp3) is 0.250. The standard InChI is InChI=1S/C20H20OS/c21-19(16-9-3-1-4-10-16)15-17-11-7-8-14-20(17)22-18-12-5-2-6-13-18/h1-6,9-10,12-13H,7-8,11,14-15H2. The molecule has 2 heteroatoms. The molecule has 0 N–H and O–H groups in total. The fourth-order valence-corrected chi connectivity index (χ4v) is 3.94. The van der Waals surface area contributed by atoms with E-state index in [1.807, 2.05) is 48.2 Å². The topological polar surface area (TPSA) is 17.1 Å². The minimum atomic E-state index is 0.240. The summed E-state index contributed by atoms with van der Waals surface area (Å²) in [5.41, 5.74) is 2.17. The molecular weight excluding hydrogens is 288 g/mol. The Hall–Kier alpha value is -1.80. The summed E-state index contributed by atoms with van der Waals surface area (Å²) in [5.74, 6) is 0.240. The van der Waals surface area contributed by atoms with E-state index in [2.05, 4.69) is 24.3 Å². The van der Waals surface area contributed by atoms with E-state index >= 15 is 0 Å². The van der Waals surface area contributed by atoms with E-state index in [4.69, 9.17) is 0 Å². The Kier molecular flexibility index (Phi) is 5.12. The Labute approximate surface area is 136 Å². The van der Waals surface area contributed by atoms with Crippen molar-refractivity contribution in [3.63, 3.8) is 0 Å². The van der Waals surface area contributed by atoms with Gasteiger partial charge in [0.2, 0.25) is 0 Å². The van der Waals surface area contributed by atoms with Crippen molar-refractivity contribution in [2.24, 2.45) is 0 Å². The average Bonchev–Trinajstić information content (AvgIpc) is 2.58. The first-order valence-electron chi connectivity index (χ1n) is 7.85. The van der Waals surface area contributed by atoms with Crippen LogP contribution in [-0.2, 0) is 0 Å². The fourth-order valence-electron chi connectivity index (χ4n) is 2.80. The molecule has 2 aromatic carbocycles. The van der Waals surface area contributed by atoms with Gasteiger partial charge in [0.15, 0.2) is 5.78 Å². The Balaban J connectivity index is 1.77. The summed E-state index contributed by atoms with van der Waals surface area (Å²) in [4.78, 5) is 15.1. The van der Waals surface area contributed by atoms with Crippen molar-refractivity contribution in [3.8, 4) is 0 Å². The second-order valence-corrected chi connectivity index (χ2v) is 6.78. The van der Waals surface area contributed by atoms with E-state index in [-0.39, 0.29) is 5.78 Å². The van der Waals surface area contributed by atoms with Crippen molar-refractivity contribution in [3.05, 3.63) is 76.7 Å². The highest BCUT2D eigenvalue weighted by atomic mass is 32.2. The zero-order valence-corrected chi connectivity index (χ0v) is 13.4. The first-order chi connectivity index (χ1) is 10.8. The zero-order valence-electron chi connectivity index (χ0n) is 12.6. The molecule has 0 amide bonds. The molecular formula is C20H20OS. The Morgan fingerprint density at radius 1 is 0.864 bits per heavy atom. The van der Waals surface area contributed by atoms with Gasteiger partial charge < -0.3 is 0 Å². The van der Waals surface area contributed by atoms with Gasteiger partial charge in [0.05, 0.1) is 0 Å². The van der Waals surface area contributed by atoms with Crippen LogP contribution in [0.15, 0.2) is 76.0 Å². The van der Waals surface area contributed by atoms with Crippen LogP contribution in [0.25, 0.3) is 0 Å². The molecule has 0 bridgehead atoms. The molecule has 0 fully saturated rings. The quantitative estimate of drug-likeness (QED) is 0.642. The summed E-state index contributed by atoms with van der Waals surface area (Å²) in [6.07, 6.45) is 5.18. The number of rotatable bonds is 5. The molecule has 1 nitrogen and oxygen atoms in total. The Morgan fingerprint density at radius 3 is 2.23 bits per heavy atom. The highest BCUT2D eigenvalue weighted by Gasteiger charge is 2.17. The average molecular weight is 308 g/mol. The molecule has 0 unspecified atom stereocenters. The minimum absolute atomic E-state index is 0.240. The predicted octanol–water partition coefficient (Wildman–Crippen LogP) is 5.88. The first-order valence-corrected chi connectivity index (χ1v) is 8.66. The van der Waals surface area contributed by atoms with Crippen LogP contribution in [0.4, 0.5) is 0 Å². The van der Waals surface area contributed by atoms with Crippen LogP contribution in [0.5, 0.6) is 0 Å². The van der Waals surface area contributed by atoms with Crippen LogP contribution >= 0.6 is 11.8 Å². The van der Waals surface area contributed by atoms with Crippen molar-refractivity contribution < 1.29 is 4.79 Å². The van der Waals surface area contributed by atoms with Gasteiger partial charge in [0.1, 0.15) is 0 Å². The molecule has 0 heterocycles. The lowest BCUT2D eigenvalue weighted by Crippen LogP contribution is -2.05. The lowest BCUT2D eigenvalue weighted by molar-refractivity contribution is 0.0991. The maximum atomic E-state index is 12.5. The van der Waals surface area contributed by atoms with Gasteiger partial charge in [-0.1, -0.05) is 65.9 Å². The maximum Gasteiger partial charge on any atom is 0.166 e. The number of ketones is 1. The lowest BCUT2D eigenvalue weighted by atomic mass is 9.93. The van der Waals surface area contributed by atoms with E-state index < -0.39 is 0 Å². The third-order valence-corrected chi connectivity index (χ3v) is 5.23. The van der Waals surface area contributed by atoms with Crippen LogP contribution in [0.2, 0.25) is 0 Å². The summed E-state index contributed by atoms with van der Waals surface area (Å²) < 4.78 is 0. The van der Waals surface area contributed by atoms with Crippen LogP contribution in [0.1, 0.15) is 42.5 Å². The number of thioether (sulfide) groups is 1. The predicted molar refractivity (Wildman–Crippen MR) is 93.2 cm³/mol. The molecule has 0 saturated carbocycles. The molecule has 0 spiro atoms. The van der Waals surface area contributed by atoms with Crippen molar-refractivity contribution in [1.29, 1.82) is 0 Å².